The van der Waals surface area contributed by atoms with Gasteiger partial charge < -0.3 is 9.64 Å². The van der Waals surface area contributed by atoms with Crippen LogP contribution in [0.3, 0.4) is 0 Å². The number of benzene rings is 2. The molecule has 0 radical (unpaired) electrons. The number of carbonyl (C=O) groups excluding carboxylic acids is 1. The minimum atomic E-state index is -4.05. The van der Waals surface area contributed by atoms with Crippen LogP contribution in [-0.4, -0.2) is 43.8 Å². The molecular weight excluding hydrogens is 446 g/mol. The van der Waals surface area contributed by atoms with Crippen molar-refractivity contribution in [3.05, 3.63) is 58.1 Å². The molecule has 33 heavy (non-hydrogen) atoms. The molecule has 1 unspecified atom stereocenters. The highest BCUT2D eigenvalue weighted by Gasteiger charge is 2.36. The highest BCUT2D eigenvalue weighted by molar-refractivity contribution is 7.92. The number of carbonyl (C=O) groups is 1. The lowest BCUT2D eigenvalue weighted by atomic mass is 9.95. The molecule has 0 aromatic heterocycles. The Morgan fingerprint density at radius 3 is 2.42 bits per heavy atom. The lowest BCUT2D eigenvalue weighted by Crippen LogP contribution is -2.39. The van der Waals surface area contributed by atoms with Gasteiger partial charge in [0.15, 0.2) is 0 Å². The summed E-state index contributed by atoms with van der Waals surface area (Å²) in [4.78, 5) is 25.5. The molecule has 2 fully saturated rings. The van der Waals surface area contributed by atoms with Gasteiger partial charge in [-0.1, -0.05) is 12.8 Å². The van der Waals surface area contributed by atoms with Crippen LogP contribution in [-0.2, 0) is 10.0 Å². The van der Waals surface area contributed by atoms with Gasteiger partial charge >= 0.3 is 0 Å². The first-order valence-corrected chi connectivity index (χ1v) is 12.5. The molecule has 1 aliphatic carbocycles. The van der Waals surface area contributed by atoms with E-state index in [2.05, 4.69) is 4.72 Å². The smallest absolute Gasteiger partial charge is 0.271 e. The van der Waals surface area contributed by atoms with E-state index in [1.54, 1.807) is 0 Å². The predicted molar refractivity (Wildman–Crippen MR) is 123 cm³/mol. The number of methoxy groups -OCH3 is 1. The van der Waals surface area contributed by atoms with Gasteiger partial charge in [-0.2, -0.15) is 0 Å². The number of ether oxygens (including phenoxy) is 1. The fraction of sp³-hybridized carbons (Fsp3) is 0.435. The summed E-state index contributed by atoms with van der Waals surface area (Å²) in [5, 5.41) is 11.1. The third-order valence-corrected chi connectivity index (χ3v) is 7.94. The second-order valence-corrected chi connectivity index (χ2v) is 10.2. The third kappa shape index (κ3) is 4.80. The SMILES string of the molecule is COc1ccc([N+](=O)[O-])cc1NS(=O)(=O)c1ccc(C(=O)N2CCCC2C2CCCC2)cc1. The van der Waals surface area contributed by atoms with Crippen LogP contribution in [0, 0.1) is 16.0 Å². The van der Waals surface area contributed by atoms with Crippen molar-refractivity contribution in [3.8, 4) is 5.75 Å². The molecule has 176 valence electrons. The van der Waals surface area contributed by atoms with Crippen LogP contribution in [0.25, 0.3) is 0 Å². The van der Waals surface area contributed by atoms with E-state index in [0.717, 1.165) is 25.5 Å². The fourth-order valence-electron chi connectivity index (χ4n) is 4.91. The maximum Gasteiger partial charge on any atom is 0.271 e. The minimum absolute atomic E-state index is 0.0386. The Balaban J connectivity index is 1.52. The summed E-state index contributed by atoms with van der Waals surface area (Å²) in [6.07, 6.45) is 6.79. The second kappa shape index (κ2) is 9.38. The van der Waals surface area contributed by atoms with Gasteiger partial charge in [-0.25, -0.2) is 8.42 Å². The van der Waals surface area contributed by atoms with E-state index in [1.165, 1.54) is 69.2 Å². The Kier molecular flexibility index (Phi) is 6.55. The second-order valence-electron chi connectivity index (χ2n) is 8.52. The van der Waals surface area contributed by atoms with E-state index >= 15 is 0 Å². The summed E-state index contributed by atoms with van der Waals surface area (Å²) in [6.45, 7) is 0.730. The number of nitro groups is 1. The average molecular weight is 474 g/mol. The molecule has 0 bridgehead atoms. The predicted octanol–water partition coefficient (Wildman–Crippen LogP) is 4.20. The van der Waals surface area contributed by atoms with Crippen LogP contribution in [0.2, 0.25) is 0 Å². The molecule has 4 rings (SSSR count). The first-order valence-electron chi connectivity index (χ1n) is 11.1. The molecule has 1 aliphatic heterocycles. The molecule has 1 heterocycles. The van der Waals surface area contributed by atoms with Crippen LogP contribution in [0.1, 0.15) is 48.9 Å². The number of anilines is 1. The van der Waals surface area contributed by atoms with Gasteiger partial charge in [0, 0.05) is 30.3 Å². The van der Waals surface area contributed by atoms with Gasteiger partial charge in [0.2, 0.25) is 0 Å². The standard InChI is InChI=1S/C23H27N3O6S/c1-32-22-13-10-18(26(28)29)15-20(22)24-33(30,31)19-11-8-17(9-12-19)23(27)25-14-4-7-21(25)16-5-2-3-6-16/h8-13,15-16,21,24H,2-7,14H2,1H3. The van der Waals surface area contributed by atoms with Gasteiger partial charge in [-0.3, -0.25) is 19.6 Å². The van der Waals surface area contributed by atoms with Gasteiger partial charge in [0.05, 0.1) is 22.6 Å². The topological polar surface area (TPSA) is 119 Å². The first-order chi connectivity index (χ1) is 15.8. The summed E-state index contributed by atoms with van der Waals surface area (Å²) in [6, 6.07) is 9.72. The van der Waals surface area contributed by atoms with E-state index in [1.807, 2.05) is 4.90 Å². The van der Waals surface area contributed by atoms with Crippen LogP contribution in [0.4, 0.5) is 11.4 Å². The van der Waals surface area contributed by atoms with E-state index < -0.39 is 14.9 Å². The number of hydrogen-bond donors (Lipinski definition) is 1. The number of sulfonamides is 1. The Hall–Kier alpha value is -3.14. The van der Waals surface area contributed by atoms with Crippen LogP contribution in [0.5, 0.6) is 5.75 Å². The summed E-state index contributed by atoms with van der Waals surface area (Å²) in [7, 11) is -2.71. The molecular formula is C23H27N3O6S. The number of nitrogens with zero attached hydrogens (tertiary/aromatic N) is 2. The third-order valence-electron chi connectivity index (χ3n) is 6.55. The van der Waals surface area contributed by atoms with E-state index in [-0.39, 0.29) is 34.0 Å². The molecule has 10 heteroatoms. The summed E-state index contributed by atoms with van der Waals surface area (Å²) in [5.41, 5.74) is 0.145. The molecule has 9 nitrogen and oxygen atoms in total. The summed E-state index contributed by atoms with van der Waals surface area (Å²) >= 11 is 0. The summed E-state index contributed by atoms with van der Waals surface area (Å²) < 4.78 is 33.2. The van der Waals surface area contributed by atoms with Crippen molar-refractivity contribution in [1.29, 1.82) is 0 Å². The van der Waals surface area contributed by atoms with Gasteiger partial charge in [0.25, 0.3) is 21.6 Å². The molecule has 1 saturated heterocycles. The largest absolute Gasteiger partial charge is 0.495 e. The van der Waals surface area contributed by atoms with Crippen LogP contribution < -0.4 is 9.46 Å². The van der Waals surface area contributed by atoms with E-state index in [0.29, 0.717) is 11.5 Å². The van der Waals surface area contributed by atoms with Crippen molar-refractivity contribution in [2.75, 3.05) is 18.4 Å². The maximum atomic E-state index is 13.1. The average Bonchev–Trinajstić information content (AvgIpc) is 3.50. The maximum absolute atomic E-state index is 13.1. The molecule has 1 atom stereocenters. The lowest BCUT2D eigenvalue weighted by molar-refractivity contribution is -0.384. The Morgan fingerprint density at radius 1 is 1.09 bits per heavy atom. The number of nitro benzene ring substituents is 1. The molecule has 0 spiro atoms. The number of amides is 1. The summed E-state index contributed by atoms with van der Waals surface area (Å²) in [5.74, 6) is 0.648. The van der Waals surface area contributed by atoms with Gasteiger partial charge in [-0.05, 0) is 61.9 Å². The number of rotatable bonds is 7. The van der Waals surface area contributed by atoms with Gasteiger partial charge in [-0.15, -0.1) is 0 Å². The van der Waals surface area contributed by atoms with Crippen molar-refractivity contribution in [2.24, 2.45) is 5.92 Å². The number of hydrogen-bond acceptors (Lipinski definition) is 6. The van der Waals surface area contributed by atoms with Gasteiger partial charge in [0.1, 0.15) is 5.75 Å². The molecule has 1 saturated carbocycles. The zero-order chi connectivity index (χ0) is 23.6. The van der Waals surface area contributed by atoms with Crippen LogP contribution in [0.15, 0.2) is 47.4 Å². The Labute approximate surface area is 192 Å². The number of likely N-dealkylation sites (tertiary alicyclic amines) is 1. The lowest BCUT2D eigenvalue weighted by Gasteiger charge is -2.29. The Bertz CT molecular complexity index is 1140. The van der Waals surface area contributed by atoms with E-state index in [4.69, 9.17) is 4.74 Å². The Morgan fingerprint density at radius 2 is 1.79 bits per heavy atom. The molecule has 1 N–H and O–H groups in total. The van der Waals surface area contributed by atoms with Crippen molar-refractivity contribution in [3.63, 3.8) is 0 Å². The highest BCUT2D eigenvalue weighted by atomic mass is 32.2. The van der Waals surface area contributed by atoms with Crippen molar-refractivity contribution < 1.29 is 22.9 Å². The van der Waals surface area contributed by atoms with E-state index in [9.17, 15) is 23.3 Å². The van der Waals surface area contributed by atoms with Crippen LogP contribution >= 0.6 is 0 Å². The van der Waals surface area contributed by atoms with Crippen molar-refractivity contribution in [1.82, 2.24) is 4.90 Å². The number of nitrogens with one attached hydrogen (secondary N) is 1. The fourth-order valence-corrected chi connectivity index (χ4v) is 5.97. The molecule has 2 aromatic rings. The zero-order valence-corrected chi connectivity index (χ0v) is 19.2. The first kappa shape index (κ1) is 23.0. The highest BCUT2D eigenvalue weighted by Crippen LogP contribution is 2.36. The minimum Gasteiger partial charge on any atom is -0.495 e. The number of non-ortho nitro benzene ring substituents is 1. The molecule has 2 aromatic carbocycles. The zero-order valence-electron chi connectivity index (χ0n) is 18.4. The normalized spacial score (nSPS) is 18.9. The van der Waals surface area contributed by atoms with Crippen molar-refractivity contribution >= 4 is 27.3 Å². The quantitative estimate of drug-likeness (QED) is 0.475. The molecule has 2 aliphatic rings. The molecule has 1 amide bonds. The van der Waals surface area contributed by atoms with Crippen molar-refractivity contribution in [2.45, 2.75) is 49.5 Å². The monoisotopic (exact) mass is 473 g/mol.